The summed E-state index contributed by atoms with van der Waals surface area (Å²) in [6.45, 7) is -1.18. The molecule has 0 saturated heterocycles. The van der Waals surface area contributed by atoms with E-state index in [1.807, 2.05) is 0 Å². The molecule has 0 saturated carbocycles. The van der Waals surface area contributed by atoms with E-state index in [0.29, 0.717) is 15.3 Å². The van der Waals surface area contributed by atoms with Gasteiger partial charge in [-0.3, -0.25) is 14.2 Å². The van der Waals surface area contributed by atoms with Gasteiger partial charge in [0.05, 0.1) is 12.1 Å². The number of alkyl halides is 6. The zero-order chi connectivity index (χ0) is 29.3. The quantitative estimate of drug-likeness (QED) is 0.353. The summed E-state index contributed by atoms with van der Waals surface area (Å²) in [6, 6.07) is 8.89. The average molecular weight is 580 g/mol. The van der Waals surface area contributed by atoms with Crippen molar-refractivity contribution in [2.24, 2.45) is 5.73 Å². The van der Waals surface area contributed by atoms with E-state index in [4.69, 9.17) is 17.3 Å². The fraction of sp³-hybridized carbons (Fsp3) is 0.304. The number of benzene rings is 2. The summed E-state index contributed by atoms with van der Waals surface area (Å²) in [5.74, 6) is -2.70. The predicted molar refractivity (Wildman–Crippen MR) is 125 cm³/mol. The number of carbonyl (C=O) groups is 2. The molecule has 0 bridgehead atoms. The Morgan fingerprint density at radius 3 is 2.21 bits per heavy atom. The molecule has 0 aliphatic heterocycles. The van der Waals surface area contributed by atoms with Crippen molar-refractivity contribution in [2.75, 3.05) is 0 Å². The summed E-state index contributed by atoms with van der Waals surface area (Å²) in [7, 11) is 0. The second-order valence-corrected chi connectivity index (χ2v) is 8.99. The third-order valence-electron chi connectivity index (χ3n) is 5.70. The van der Waals surface area contributed by atoms with E-state index in [9.17, 15) is 45.8 Å². The van der Waals surface area contributed by atoms with E-state index in [-0.39, 0.29) is 22.0 Å². The number of amides is 2. The number of primary amides is 1. The van der Waals surface area contributed by atoms with E-state index in [1.165, 1.54) is 24.3 Å². The predicted octanol–water partition coefficient (Wildman–Crippen LogP) is 2.82. The van der Waals surface area contributed by atoms with Gasteiger partial charge in [0.15, 0.2) is 11.9 Å². The number of rotatable bonds is 8. The first-order chi connectivity index (χ1) is 17.9. The summed E-state index contributed by atoms with van der Waals surface area (Å²) in [6.07, 6.45) is -12.8. The van der Waals surface area contributed by atoms with Crippen LogP contribution in [-0.4, -0.2) is 43.5 Å². The SMILES string of the molecule is C[C@@](NC(=O)Cn1nc(-c2ccc(Cl)cc2)n(C[C@@H](O)C(F)(F)F)c1=O)(C(N)=O)c1cccc(C(F)(F)F)c1. The molecule has 3 rings (SSSR count). The van der Waals surface area contributed by atoms with Crippen molar-refractivity contribution in [3.8, 4) is 11.4 Å². The highest BCUT2D eigenvalue weighted by atomic mass is 35.5. The first-order valence-electron chi connectivity index (χ1n) is 10.9. The highest BCUT2D eigenvalue weighted by Gasteiger charge is 2.40. The van der Waals surface area contributed by atoms with Crippen molar-refractivity contribution >= 4 is 23.4 Å². The maximum atomic E-state index is 13.2. The molecule has 0 aliphatic rings. The van der Waals surface area contributed by atoms with Gasteiger partial charge >= 0.3 is 18.0 Å². The molecule has 0 fully saturated rings. The van der Waals surface area contributed by atoms with Crippen molar-refractivity contribution < 1.29 is 41.0 Å². The topological polar surface area (TPSA) is 132 Å². The lowest BCUT2D eigenvalue weighted by atomic mass is 9.89. The van der Waals surface area contributed by atoms with E-state index >= 15 is 0 Å². The molecule has 3 aromatic rings. The van der Waals surface area contributed by atoms with Crippen molar-refractivity contribution in [2.45, 2.75) is 44.0 Å². The molecule has 2 atom stereocenters. The van der Waals surface area contributed by atoms with Crippen LogP contribution in [0.5, 0.6) is 0 Å². The van der Waals surface area contributed by atoms with E-state index in [1.54, 1.807) is 0 Å². The van der Waals surface area contributed by atoms with Gasteiger partial charge in [0.2, 0.25) is 11.8 Å². The van der Waals surface area contributed by atoms with E-state index in [2.05, 4.69) is 10.4 Å². The van der Waals surface area contributed by atoms with Crippen LogP contribution in [0.15, 0.2) is 53.3 Å². The number of aliphatic hydroxyl groups is 1. The molecule has 0 spiro atoms. The number of nitrogens with two attached hydrogens (primary N) is 1. The molecule has 2 aromatic carbocycles. The Kier molecular flexibility index (Phi) is 8.17. The summed E-state index contributed by atoms with van der Waals surface area (Å²) in [5.41, 5.74) is 0.672. The Hall–Kier alpha value is -3.85. The lowest BCUT2D eigenvalue weighted by molar-refractivity contribution is -0.207. The zero-order valence-electron chi connectivity index (χ0n) is 19.8. The average Bonchev–Trinajstić information content (AvgIpc) is 3.13. The van der Waals surface area contributed by atoms with Crippen LogP contribution in [0.25, 0.3) is 11.4 Å². The number of nitrogens with zero attached hydrogens (tertiary/aromatic N) is 3. The normalized spacial score (nSPS) is 14.5. The molecule has 210 valence electrons. The van der Waals surface area contributed by atoms with E-state index < -0.39 is 60.2 Å². The maximum Gasteiger partial charge on any atom is 0.416 e. The first kappa shape index (κ1) is 29.7. The van der Waals surface area contributed by atoms with Crippen LogP contribution in [0.4, 0.5) is 26.3 Å². The molecule has 9 nitrogen and oxygen atoms in total. The first-order valence-corrected chi connectivity index (χ1v) is 11.3. The Labute approximate surface area is 220 Å². The fourth-order valence-electron chi connectivity index (χ4n) is 3.53. The number of hydrogen-bond acceptors (Lipinski definition) is 5. The lowest BCUT2D eigenvalue weighted by Crippen LogP contribution is -2.54. The van der Waals surface area contributed by atoms with Gasteiger partial charge < -0.3 is 16.2 Å². The van der Waals surface area contributed by atoms with Crippen LogP contribution in [0.3, 0.4) is 0 Å². The molecular weight excluding hydrogens is 560 g/mol. The van der Waals surface area contributed by atoms with Crippen LogP contribution in [-0.2, 0) is 34.4 Å². The molecule has 4 N–H and O–H groups in total. The minimum atomic E-state index is -5.08. The Morgan fingerprint density at radius 1 is 1.08 bits per heavy atom. The van der Waals surface area contributed by atoms with Crippen molar-refractivity contribution in [3.63, 3.8) is 0 Å². The second kappa shape index (κ2) is 10.7. The Morgan fingerprint density at radius 2 is 1.67 bits per heavy atom. The molecule has 2 amide bonds. The minimum Gasteiger partial charge on any atom is -0.382 e. The summed E-state index contributed by atoms with van der Waals surface area (Å²) >= 11 is 5.82. The fourth-order valence-corrected chi connectivity index (χ4v) is 3.66. The number of nitrogens with one attached hydrogen (secondary N) is 1. The van der Waals surface area contributed by atoms with Gasteiger partial charge in [-0.15, -0.1) is 5.10 Å². The van der Waals surface area contributed by atoms with Gasteiger partial charge in [-0.1, -0.05) is 23.7 Å². The van der Waals surface area contributed by atoms with Crippen LogP contribution >= 0.6 is 11.6 Å². The van der Waals surface area contributed by atoms with Crippen molar-refractivity contribution in [1.82, 2.24) is 19.7 Å². The molecule has 0 radical (unpaired) electrons. The molecule has 1 heterocycles. The van der Waals surface area contributed by atoms with Gasteiger partial charge in [-0.2, -0.15) is 26.3 Å². The van der Waals surface area contributed by atoms with Crippen molar-refractivity contribution in [3.05, 3.63) is 75.2 Å². The highest BCUT2D eigenvalue weighted by molar-refractivity contribution is 6.30. The third-order valence-corrected chi connectivity index (χ3v) is 5.95. The molecule has 16 heteroatoms. The van der Waals surface area contributed by atoms with Crippen LogP contribution < -0.4 is 16.7 Å². The molecule has 0 unspecified atom stereocenters. The summed E-state index contributed by atoms with van der Waals surface area (Å²) in [4.78, 5) is 38.0. The van der Waals surface area contributed by atoms with Crippen LogP contribution in [0.2, 0.25) is 5.02 Å². The second-order valence-electron chi connectivity index (χ2n) is 8.55. The lowest BCUT2D eigenvalue weighted by Gasteiger charge is -2.28. The summed E-state index contributed by atoms with van der Waals surface area (Å²) in [5, 5.41) is 15.9. The maximum absolute atomic E-state index is 13.2. The zero-order valence-corrected chi connectivity index (χ0v) is 20.6. The largest absolute Gasteiger partial charge is 0.416 e. The number of aromatic nitrogens is 3. The number of aliphatic hydroxyl groups excluding tert-OH is 1. The van der Waals surface area contributed by atoms with E-state index in [0.717, 1.165) is 25.1 Å². The Bertz CT molecular complexity index is 1430. The van der Waals surface area contributed by atoms with Gasteiger partial charge in [0.1, 0.15) is 12.1 Å². The summed E-state index contributed by atoms with van der Waals surface area (Å²) < 4.78 is 79.5. The number of carbonyl (C=O) groups excluding carboxylic acids is 2. The van der Waals surface area contributed by atoms with Gasteiger partial charge in [-0.25, -0.2) is 9.48 Å². The molecule has 39 heavy (non-hydrogen) atoms. The number of halogens is 7. The van der Waals surface area contributed by atoms with Gasteiger partial charge in [-0.05, 0) is 48.9 Å². The third kappa shape index (κ3) is 6.60. The number of hydrogen-bond donors (Lipinski definition) is 3. The standard InChI is InChI=1S/C23H20ClF6N5O4/c1-21(19(31)38,13-3-2-4-14(9-13)22(25,26)27)32-17(37)11-35-20(39)34(10-16(36)23(28,29)30)18(33-35)12-5-7-15(24)8-6-12/h2-9,16,36H,10-11H2,1H3,(H2,31,38)(H,32,37)/t16-,21+/m1/s1. The molecular formula is C23H20ClF6N5O4. The van der Waals surface area contributed by atoms with Gasteiger partial charge in [0.25, 0.3) is 0 Å². The monoisotopic (exact) mass is 579 g/mol. The smallest absolute Gasteiger partial charge is 0.382 e. The highest BCUT2D eigenvalue weighted by Crippen LogP contribution is 2.32. The molecule has 1 aromatic heterocycles. The Balaban J connectivity index is 1.98. The molecule has 0 aliphatic carbocycles. The van der Waals surface area contributed by atoms with Crippen molar-refractivity contribution in [1.29, 1.82) is 0 Å². The minimum absolute atomic E-state index is 0.121. The van der Waals surface area contributed by atoms with Gasteiger partial charge in [0, 0.05) is 10.6 Å². The van der Waals surface area contributed by atoms with Crippen LogP contribution in [0.1, 0.15) is 18.1 Å². The van der Waals surface area contributed by atoms with Crippen LogP contribution in [0, 0.1) is 0 Å².